The van der Waals surface area contributed by atoms with E-state index in [1.165, 1.54) is 32.4 Å². The Morgan fingerprint density at radius 1 is 0.966 bits per heavy atom. The van der Waals surface area contributed by atoms with Crippen molar-refractivity contribution in [2.45, 2.75) is 19.9 Å². The molecule has 0 aliphatic rings. The number of ether oxygens (including phenoxy) is 2. The van der Waals surface area contributed by atoms with Gasteiger partial charge in [0.25, 0.3) is 5.91 Å². The molecular weight excluding hydrogens is 372 g/mol. The van der Waals surface area contributed by atoms with E-state index in [-0.39, 0.29) is 35.3 Å². The maximum absolute atomic E-state index is 12.6. The van der Waals surface area contributed by atoms with Crippen LogP contribution in [0.2, 0.25) is 0 Å². The molecule has 0 unspecified atom stereocenters. The molecule has 0 fully saturated rings. The van der Waals surface area contributed by atoms with Crippen LogP contribution in [-0.4, -0.2) is 38.6 Å². The zero-order valence-corrected chi connectivity index (χ0v) is 17.1. The Hall–Kier alpha value is -3.19. The first-order valence-corrected chi connectivity index (χ1v) is 9.36. The molecule has 0 spiro atoms. The number of nitrogens with one attached hydrogen (secondary N) is 1. The Morgan fingerprint density at radius 3 is 2.21 bits per heavy atom. The molecule has 154 valence electrons. The minimum absolute atomic E-state index is 0.114. The monoisotopic (exact) mass is 399 g/mol. The molecule has 3 N–H and O–H groups in total. The first kappa shape index (κ1) is 22.1. The number of quaternary nitrogens is 1. The van der Waals surface area contributed by atoms with Gasteiger partial charge in [-0.25, -0.2) is 9.59 Å². The predicted molar refractivity (Wildman–Crippen MR) is 109 cm³/mol. The second-order valence-corrected chi connectivity index (χ2v) is 6.91. The van der Waals surface area contributed by atoms with Crippen molar-refractivity contribution < 1.29 is 29.2 Å². The lowest BCUT2D eigenvalue weighted by molar-refractivity contribution is -0.692. The van der Waals surface area contributed by atoms with Crippen LogP contribution in [-0.2, 0) is 14.3 Å². The van der Waals surface area contributed by atoms with E-state index < -0.39 is 11.9 Å². The van der Waals surface area contributed by atoms with E-state index in [9.17, 15) is 14.4 Å². The molecule has 0 heterocycles. The normalized spacial score (nSPS) is 11.6. The highest BCUT2D eigenvalue weighted by Crippen LogP contribution is 2.20. The van der Waals surface area contributed by atoms with Crippen molar-refractivity contribution in [1.82, 2.24) is 0 Å². The van der Waals surface area contributed by atoms with Gasteiger partial charge in [-0.2, -0.15) is 0 Å². The predicted octanol–water partition coefficient (Wildman–Crippen LogP) is 2.16. The van der Waals surface area contributed by atoms with Crippen molar-refractivity contribution in [3.8, 4) is 0 Å². The Balaban J connectivity index is 2.16. The number of carbonyl (C=O) groups is 3. The molecule has 0 saturated heterocycles. The zero-order valence-electron chi connectivity index (χ0n) is 17.1. The Kier molecular flexibility index (Phi) is 7.91. The molecule has 0 aromatic heterocycles. The van der Waals surface area contributed by atoms with Crippen LogP contribution in [0.1, 0.15) is 46.2 Å². The van der Waals surface area contributed by atoms with Crippen molar-refractivity contribution >= 4 is 23.5 Å². The van der Waals surface area contributed by atoms with Crippen LogP contribution in [0, 0.1) is 5.92 Å². The summed E-state index contributed by atoms with van der Waals surface area (Å²) in [4.78, 5) is 36.4. The van der Waals surface area contributed by atoms with Crippen molar-refractivity contribution in [2.75, 3.05) is 26.1 Å². The Labute approximate surface area is 170 Å². The number of esters is 2. The van der Waals surface area contributed by atoms with Gasteiger partial charge >= 0.3 is 11.9 Å². The van der Waals surface area contributed by atoms with Gasteiger partial charge in [0.1, 0.15) is 6.04 Å². The first-order chi connectivity index (χ1) is 13.9. The summed E-state index contributed by atoms with van der Waals surface area (Å²) in [5.74, 6) is -1.14. The van der Waals surface area contributed by atoms with Crippen LogP contribution in [0.15, 0.2) is 48.5 Å². The summed E-state index contributed by atoms with van der Waals surface area (Å²) >= 11 is 0. The third kappa shape index (κ3) is 5.89. The van der Waals surface area contributed by atoms with Crippen molar-refractivity contribution in [1.29, 1.82) is 0 Å². The second kappa shape index (κ2) is 10.4. The number of benzene rings is 2. The van der Waals surface area contributed by atoms with Gasteiger partial charge in [-0.05, 0) is 18.2 Å². The zero-order chi connectivity index (χ0) is 21.4. The summed E-state index contributed by atoms with van der Waals surface area (Å²) in [6, 6.07) is 14.4. The molecule has 0 saturated carbocycles. The van der Waals surface area contributed by atoms with E-state index >= 15 is 0 Å². The van der Waals surface area contributed by atoms with E-state index in [2.05, 4.69) is 19.2 Å². The smallest absolute Gasteiger partial charge is 0.339 e. The molecule has 2 aromatic rings. The van der Waals surface area contributed by atoms with Crippen LogP contribution >= 0.6 is 0 Å². The maximum atomic E-state index is 12.6. The highest BCUT2D eigenvalue weighted by Gasteiger charge is 2.22. The van der Waals surface area contributed by atoms with Crippen molar-refractivity contribution in [3.05, 3.63) is 65.2 Å². The molecule has 29 heavy (non-hydrogen) atoms. The van der Waals surface area contributed by atoms with Crippen LogP contribution in [0.4, 0.5) is 5.69 Å². The molecule has 0 aliphatic carbocycles. The van der Waals surface area contributed by atoms with Gasteiger partial charge < -0.3 is 20.1 Å². The summed E-state index contributed by atoms with van der Waals surface area (Å²) in [7, 11) is 2.52. The molecule has 7 nitrogen and oxygen atoms in total. The average Bonchev–Trinajstić information content (AvgIpc) is 2.73. The van der Waals surface area contributed by atoms with Crippen LogP contribution in [0.5, 0.6) is 0 Å². The fraction of sp³-hybridized carbons (Fsp3) is 0.318. The fourth-order valence-corrected chi connectivity index (χ4v) is 3.08. The fourth-order valence-electron chi connectivity index (χ4n) is 3.08. The summed E-state index contributed by atoms with van der Waals surface area (Å²) < 4.78 is 9.46. The summed E-state index contributed by atoms with van der Waals surface area (Å²) in [5.41, 5.74) is 1.73. The van der Waals surface area contributed by atoms with Gasteiger partial charge in [-0.1, -0.05) is 44.2 Å². The van der Waals surface area contributed by atoms with E-state index in [1.54, 1.807) is 0 Å². The number of anilines is 1. The number of amides is 1. The van der Waals surface area contributed by atoms with Gasteiger partial charge in [-0.15, -0.1) is 0 Å². The van der Waals surface area contributed by atoms with Gasteiger partial charge in [-0.3, -0.25) is 4.79 Å². The molecular formula is C22H27N2O5+. The maximum Gasteiger partial charge on any atom is 0.339 e. The highest BCUT2D eigenvalue weighted by molar-refractivity contribution is 6.03. The molecule has 2 aromatic carbocycles. The second-order valence-electron chi connectivity index (χ2n) is 6.91. The van der Waals surface area contributed by atoms with Gasteiger partial charge in [0.05, 0.1) is 31.0 Å². The van der Waals surface area contributed by atoms with Gasteiger partial charge in [0, 0.05) is 11.5 Å². The number of hydrogen-bond acceptors (Lipinski definition) is 5. The van der Waals surface area contributed by atoms with Crippen molar-refractivity contribution in [2.24, 2.45) is 5.92 Å². The van der Waals surface area contributed by atoms with Crippen LogP contribution < -0.4 is 10.6 Å². The molecule has 2 rings (SSSR count). The summed E-state index contributed by atoms with van der Waals surface area (Å²) in [6.45, 7) is 4.35. The lowest BCUT2D eigenvalue weighted by atomic mass is 9.96. The van der Waals surface area contributed by atoms with Gasteiger partial charge in [0.15, 0.2) is 6.54 Å². The van der Waals surface area contributed by atoms with Crippen molar-refractivity contribution in [3.63, 3.8) is 0 Å². The third-order valence-electron chi connectivity index (χ3n) is 4.58. The SMILES string of the molecule is COC(=O)c1ccc(C(=O)OC)c(NC(=O)C[NH2+][C@@H](c2ccccc2)C(C)C)c1. The van der Waals surface area contributed by atoms with E-state index in [1.807, 2.05) is 35.6 Å². The largest absolute Gasteiger partial charge is 0.465 e. The van der Waals surface area contributed by atoms with E-state index in [0.29, 0.717) is 5.92 Å². The summed E-state index contributed by atoms with van der Waals surface area (Å²) in [5, 5.41) is 4.67. The quantitative estimate of drug-likeness (QED) is 0.663. The summed E-state index contributed by atoms with van der Waals surface area (Å²) in [6.07, 6.45) is 0. The molecule has 1 atom stereocenters. The minimum Gasteiger partial charge on any atom is -0.465 e. The molecule has 0 aliphatic heterocycles. The molecule has 7 heteroatoms. The highest BCUT2D eigenvalue weighted by atomic mass is 16.5. The molecule has 0 radical (unpaired) electrons. The lowest BCUT2D eigenvalue weighted by Gasteiger charge is -2.19. The van der Waals surface area contributed by atoms with Crippen LogP contribution in [0.25, 0.3) is 0 Å². The number of carbonyl (C=O) groups excluding carboxylic acids is 3. The molecule has 1 amide bonds. The molecule has 0 bridgehead atoms. The Morgan fingerprint density at radius 2 is 1.62 bits per heavy atom. The topological polar surface area (TPSA) is 98.3 Å². The number of nitrogens with two attached hydrogens (primary N) is 1. The van der Waals surface area contributed by atoms with E-state index in [4.69, 9.17) is 9.47 Å². The van der Waals surface area contributed by atoms with E-state index in [0.717, 1.165) is 5.56 Å². The number of rotatable bonds is 8. The number of hydrogen-bond donors (Lipinski definition) is 2. The van der Waals surface area contributed by atoms with Crippen LogP contribution in [0.3, 0.4) is 0 Å². The lowest BCUT2D eigenvalue weighted by Crippen LogP contribution is -2.88. The standard InChI is InChI=1S/C22H26N2O5/c1-14(2)20(15-8-6-5-7-9-15)23-13-19(25)24-18-12-16(21(26)28-3)10-11-17(18)22(27)29-4/h5-12,14,20,23H,13H2,1-4H3,(H,24,25)/p+1/t20-/m1/s1. The number of methoxy groups -OCH3 is 2. The third-order valence-corrected chi connectivity index (χ3v) is 4.58. The van der Waals surface area contributed by atoms with Gasteiger partial charge in [0.2, 0.25) is 0 Å². The first-order valence-electron chi connectivity index (χ1n) is 9.36. The Bertz CT molecular complexity index is 865. The minimum atomic E-state index is -0.606. The average molecular weight is 399 g/mol.